The molecule has 0 spiro atoms. The number of aromatic carboxylic acids is 1. The maximum atomic E-state index is 14.2. The summed E-state index contributed by atoms with van der Waals surface area (Å²) in [7, 11) is -2.99. The Balaban J connectivity index is 1.56. The normalized spacial score (nSPS) is 20.2. The fraction of sp³-hybridized carbons (Fsp3) is 0.360. The molecule has 3 N–H and O–H groups in total. The molecule has 36 heavy (non-hydrogen) atoms. The minimum atomic E-state index is -4.21. The first-order valence-electron chi connectivity index (χ1n) is 11.4. The standard InChI is InChI=1S/C25H27FN2O6S2/c1-15-7-9-25(14-29,10-8-15)17-5-3-16(4-6-17)23-27-22(13-35-23)36(32,33)28-20-12-19(26)18(24(30)31)11-21(20)34-2/h3-6,11-13,15,28-29H,7-10,14H2,1-2H3,(H,30,31). The van der Waals surface area contributed by atoms with E-state index in [9.17, 15) is 22.7 Å². The molecule has 0 unspecified atom stereocenters. The topological polar surface area (TPSA) is 126 Å². The van der Waals surface area contributed by atoms with Gasteiger partial charge in [0.1, 0.15) is 16.6 Å². The van der Waals surface area contributed by atoms with Crippen molar-refractivity contribution in [2.24, 2.45) is 5.92 Å². The second-order valence-corrected chi connectivity index (χ2v) is 11.6. The highest BCUT2D eigenvalue weighted by Gasteiger charge is 2.35. The number of hydrogen-bond acceptors (Lipinski definition) is 7. The summed E-state index contributed by atoms with van der Waals surface area (Å²) in [6.45, 7) is 2.31. The molecule has 8 nitrogen and oxygen atoms in total. The maximum Gasteiger partial charge on any atom is 0.338 e. The van der Waals surface area contributed by atoms with E-state index in [2.05, 4.69) is 16.6 Å². The van der Waals surface area contributed by atoms with Crippen LogP contribution in [0.2, 0.25) is 0 Å². The number of ether oxygens (including phenoxy) is 1. The van der Waals surface area contributed by atoms with Crippen molar-refractivity contribution in [3.63, 3.8) is 0 Å². The lowest BCUT2D eigenvalue weighted by atomic mass is 9.67. The number of aliphatic hydroxyl groups excluding tert-OH is 1. The van der Waals surface area contributed by atoms with Crippen molar-refractivity contribution in [3.05, 3.63) is 58.7 Å². The number of thiazole rings is 1. The number of rotatable bonds is 8. The number of halogens is 1. The van der Waals surface area contributed by atoms with Crippen LogP contribution in [0.15, 0.2) is 46.8 Å². The third-order valence-electron chi connectivity index (χ3n) is 6.80. The molecule has 1 saturated carbocycles. The van der Waals surface area contributed by atoms with Crippen LogP contribution in [0.3, 0.4) is 0 Å². The van der Waals surface area contributed by atoms with Gasteiger partial charge in [-0.3, -0.25) is 4.72 Å². The molecule has 0 amide bonds. The molecule has 1 aliphatic carbocycles. The van der Waals surface area contributed by atoms with Gasteiger partial charge in [-0.15, -0.1) is 11.3 Å². The van der Waals surface area contributed by atoms with Gasteiger partial charge in [0.2, 0.25) is 0 Å². The van der Waals surface area contributed by atoms with E-state index in [0.29, 0.717) is 10.9 Å². The zero-order valence-electron chi connectivity index (χ0n) is 19.8. The van der Waals surface area contributed by atoms with E-state index >= 15 is 0 Å². The zero-order valence-corrected chi connectivity index (χ0v) is 21.5. The molecule has 0 aliphatic heterocycles. The summed E-state index contributed by atoms with van der Waals surface area (Å²) in [5.74, 6) is -2.09. The largest absolute Gasteiger partial charge is 0.495 e. The highest BCUT2D eigenvalue weighted by Crippen LogP contribution is 2.42. The fourth-order valence-corrected chi connectivity index (χ4v) is 6.66. The van der Waals surface area contributed by atoms with E-state index in [1.54, 1.807) is 0 Å². The predicted octanol–water partition coefficient (Wildman–Crippen LogP) is 4.90. The Labute approximate surface area is 212 Å². The molecule has 11 heteroatoms. The van der Waals surface area contributed by atoms with Crippen LogP contribution in [0, 0.1) is 11.7 Å². The van der Waals surface area contributed by atoms with Gasteiger partial charge in [-0.2, -0.15) is 8.42 Å². The van der Waals surface area contributed by atoms with Crippen molar-refractivity contribution in [1.82, 2.24) is 4.98 Å². The van der Waals surface area contributed by atoms with Crippen LogP contribution in [-0.2, 0) is 15.4 Å². The number of nitrogens with zero attached hydrogens (tertiary/aromatic N) is 1. The Kier molecular flexibility index (Phi) is 7.35. The molecule has 0 bridgehead atoms. The predicted molar refractivity (Wildman–Crippen MR) is 135 cm³/mol. The van der Waals surface area contributed by atoms with Gasteiger partial charge in [0.25, 0.3) is 10.0 Å². The molecule has 1 heterocycles. The van der Waals surface area contributed by atoms with Gasteiger partial charge in [0.15, 0.2) is 5.03 Å². The lowest BCUT2D eigenvalue weighted by Crippen LogP contribution is -2.34. The second kappa shape index (κ2) is 10.2. The lowest BCUT2D eigenvalue weighted by molar-refractivity contribution is 0.0691. The Bertz CT molecular complexity index is 1360. The van der Waals surface area contributed by atoms with Gasteiger partial charge in [-0.1, -0.05) is 31.2 Å². The number of carboxylic acid groups (broad SMARTS) is 1. The van der Waals surface area contributed by atoms with Crippen molar-refractivity contribution in [2.45, 2.75) is 43.0 Å². The van der Waals surface area contributed by atoms with Gasteiger partial charge in [-0.05, 0) is 43.2 Å². The van der Waals surface area contributed by atoms with E-state index in [0.717, 1.165) is 60.3 Å². The van der Waals surface area contributed by atoms with Gasteiger partial charge < -0.3 is 14.9 Å². The van der Waals surface area contributed by atoms with Gasteiger partial charge in [0.05, 0.1) is 25.0 Å². The number of carboxylic acids is 1. The highest BCUT2D eigenvalue weighted by atomic mass is 32.2. The first kappa shape index (κ1) is 26.1. The lowest BCUT2D eigenvalue weighted by Gasteiger charge is -2.38. The van der Waals surface area contributed by atoms with Crippen LogP contribution in [0.25, 0.3) is 10.6 Å². The smallest absolute Gasteiger partial charge is 0.338 e. The second-order valence-electron chi connectivity index (χ2n) is 9.13. The molecule has 0 radical (unpaired) electrons. The summed E-state index contributed by atoms with van der Waals surface area (Å²) in [6.07, 6.45) is 3.98. The van der Waals surface area contributed by atoms with Crippen LogP contribution in [0.1, 0.15) is 48.5 Å². The van der Waals surface area contributed by atoms with Crippen molar-refractivity contribution < 1.29 is 32.6 Å². The van der Waals surface area contributed by atoms with Crippen molar-refractivity contribution in [1.29, 1.82) is 0 Å². The number of benzene rings is 2. The molecule has 3 aromatic rings. The van der Waals surface area contributed by atoms with Crippen LogP contribution in [-0.4, -0.2) is 43.3 Å². The number of sulfonamides is 1. The summed E-state index contributed by atoms with van der Waals surface area (Å²) in [4.78, 5) is 15.4. The third-order valence-corrected chi connectivity index (χ3v) is 9.09. The Morgan fingerprint density at radius 1 is 1.25 bits per heavy atom. The third kappa shape index (κ3) is 5.09. The Morgan fingerprint density at radius 3 is 2.50 bits per heavy atom. The number of nitrogens with one attached hydrogen (secondary N) is 1. The van der Waals surface area contributed by atoms with Gasteiger partial charge >= 0.3 is 5.97 Å². The molecule has 1 aliphatic rings. The minimum absolute atomic E-state index is 0.0852. The highest BCUT2D eigenvalue weighted by molar-refractivity contribution is 7.92. The van der Waals surface area contributed by atoms with Crippen molar-refractivity contribution in [3.8, 4) is 16.3 Å². The van der Waals surface area contributed by atoms with Crippen molar-refractivity contribution in [2.75, 3.05) is 18.4 Å². The summed E-state index contributed by atoms with van der Waals surface area (Å²) in [5.41, 5.74) is 0.661. The molecule has 4 rings (SSSR count). The monoisotopic (exact) mass is 534 g/mol. The van der Waals surface area contributed by atoms with Crippen LogP contribution >= 0.6 is 11.3 Å². The van der Waals surface area contributed by atoms with Crippen molar-refractivity contribution >= 4 is 33.0 Å². The summed E-state index contributed by atoms with van der Waals surface area (Å²) < 4.78 is 47.3. The molecule has 0 atom stereocenters. The maximum absolute atomic E-state index is 14.2. The van der Waals surface area contributed by atoms with E-state index in [-0.39, 0.29) is 28.5 Å². The van der Waals surface area contributed by atoms with E-state index < -0.39 is 27.4 Å². The minimum Gasteiger partial charge on any atom is -0.495 e. The number of aliphatic hydroxyl groups is 1. The summed E-state index contributed by atoms with van der Waals surface area (Å²) >= 11 is 1.14. The molecule has 1 fully saturated rings. The Hall–Kier alpha value is -3.02. The van der Waals surface area contributed by atoms with Crippen LogP contribution in [0.5, 0.6) is 5.75 Å². The molecular weight excluding hydrogens is 507 g/mol. The fourth-order valence-electron chi connectivity index (χ4n) is 4.50. The number of methoxy groups -OCH3 is 1. The average Bonchev–Trinajstić information content (AvgIpc) is 3.36. The van der Waals surface area contributed by atoms with E-state index in [1.165, 1.54) is 12.5 Å². The van der Waals surface area contributed by atoms with E-state index in [1.807, 2.05) is 24.3 Å². The van der Waals surface area contributed by atoms with E-state index in [4.69, 9.17) is 9.84 Å². The summed E-state index contributed by atoms with van der Waals surface area (Å²) in [5, 5.41) is 20.8. The number of carbonyl (C=O) groups is 1. The number of aromatic nitrogens is 1. The zero-order chi connectivity index (χ0) is 26.1. The van der Waals surface area contributed by atoms with Crippen LogP contribution in [0.4, 0.5) is 10.1 Å². The molecule has 1 aromatic heterocycles. The number of anilines is 1. The van der Waals surface area contributed by atoms with Gasteiger partial charge in [0, 0.05) is 22.4 Å². The van der Waals surface area contributed by atoms with Gasteiger partial charge in [-0.25, -0.2) is 14.2 Å². The number of hydrogen-bond donors (Lipinski definition) is 3. The first-order valence-corrected chi connectivity index (χ1v) is 13.8. The summed E-state index contributed by atoms with van der Waals surface area (Å²) in [6, 6.07) is 9.34. The van der Waals surface area contributed by atoms with Crippen LogP contribution < -0.4 is 9.46 Å². The Morgan fingerprint density at radius 2 is 1.92 bits per heavy atom. The average molecular weight is 535 g/mol. The molecule has 2 aromatic carbocycles. The molecule has 192 valence electrons. The molecule has 0 saturated heterocycles. The molecular formula is C25H27FN2O6S2. The quantitative estimate of drug-likeness (QED) is 0.375. The SMILES string of the molecule is COc1cc(C(=O)O)c(F)cc1NS(=O)(=O)c1csc(-c2ccc(C3(CO)CCC(C)CC3)cc2)n1. The first-order chi connectivity index (χ1) is 17.1.